The number of ether oxygens (including phenoxy) is 1. The largest absolute Gasteiger partial charge is 0.496 e. The van der Waals surface area contributed by atoms with E-state index in [1.54, 1.807) is 19.4 Å². The predicted octanol–water partition coefficient (Wildman–Crippen LogP) is 7.87. The van der Waals surface area contributed by atoms with Crippen LogP contribution in [0.3, 0.4) is 0 Å². The molecule has 35 heavy (non-hydrogen) atoms. The van der Waals surface area contributed by atoms with Crippen LogP contribution in [-0.4, -0.2) is 13.0 Å². The maximum atomic E-state index is 12.8. The minimum absolute atomic E-state index is 0.185. The molecule has 1 aromatic heterocycles. The molecular weight excluding hydrogens is 434 g/mol. The van der Waals surface area contributed by atoms with Crippen molar-refractivity contribution in [1.29, 1.82) is 0 Å². The Kier molecular flexibility index (Phi) is 6.11. The van der Waals surface area contributed by atoms with Crippen LogP contribution in [-0.2, 0) is 11.2 Å². The number of carbonyl (C=O) groups excluding carboxylic acids is 1. The number of fused-ring (bicyclic) bond motifs is 2. The topological polar surface area (TPSA) is 51.5 Å². The zero-order chi connectivity index (χ0) is 24.4. The standard InChI is InChI=1S/C31H27NO3/c1-4-21-12-14-23(15-13-21)32-31(33)16-20(2)26-17-27-28(19-35-30(27)18-29(26)34-3)25-11-7-9-22-8-5-6-10-24(22)25/h5-19H,4H2,1-3H3,(H,32,33)/b20-16+. The monoisotopic (exact) mass is 461 g/mol. The summed E-state index contributed by atoms with van der Waals surface area (Å²) < 4.78 is 11.6. The third kappa shape index (κ3) is 4.43. The predicted molar refractivity (Wildman–Crippen MR) is 144 cm³/mol. The number of rotatable bonds is 6. The van der Waals surface area contributed by atoms with Gasteiger partial charge in [0.05, 0.1) is 13.4 Å². The highest BCUT2D eigenvalue weighted by molar-refractivity contribution is 6.07. The number of methoxy groups -OCH3 is 1. The van der Waals surface area contributed by atoms with E-state index in [2.05, 4.69) is 42.6 Å². The fourth-order valence-corrected chi connectivity index (χ4v) is 4.48. The summed E-state index contributed by atoms with van der Waals surface area (Å²) in [6.45, 7) is 4.02. The van der Waals surface area contributed by atoms with Gasteiger partial charge in [-0.1, -0.05) is 61.5 Å². The number of furan rings is 1. The van der Waals surface area contributed by atoms with Crippen LogP contribution in [0, 0.1) is 0 Å². The number of hydrogen-bond acceptors (Lipinski definition) is 3. The first-order valence-corrected chi connectivity index (χ1v) is 11.7. The van der Waals surface area contributed by atoms with Gasteiger partial charge in [-0.2, -0.15) is 0 Å². The van der Waals surface area contributed by atoms with Crippen molar-refractivity contribution in [2.24, 2.45) is 0 Å². The lowest BCUT2D eigenvalue weighted by Gasteiger charge is -2.11. The number of anilines is 1. The highest BCUT2D eigenvalue weighted by Gasteiger charge is 2.16. The van der Waals surface area contributed by atoms with Crippen LogP contribution < -0.4 is 10.1 Å². The molecular formula is C31H27NO3. The van der Waals surface area contributed by atoms with Gasteiger partial charge in [-0.25, -0.2) is 0 Å². The van der Waals surface area contributed by atoms with Crippen molar-refractivity contribution in [1.82, 2.24) is 0 Å². The highest BCUT2D eigenvalue weighted by atomic mass is 16.5. The molecule has 0 saturated carbocycles. The molecule has 0 unspecified atom stereocenters. The van der Waals surface area contributed by atoms with Crippen molar-refractivity contribution in [2.75, 3.05) is 12.4 Å². The van der Waals surface area contributed by atoms with Crippen molar-refractivity contribution >= 4 is 38.9 Å². The van der Waals surface area contributed by atoms with Gasteiger partial charge in [0.15, 0.2) is 0 Å². The Hall–Kier alpha value is -4.31. The number of nitrogens with one attached hydrogen (secondary N) is 1. The number of hydrogen-bond donors (Lipinski definition) is 1. The number of amides is 1. The van der Waals surface area contributed by atoms with Crippen molar-refractivity contribution in [3.63, 3.8) is 0 Å². The molecule has 0 saturated heterocycles. The zero-order valence-corrected chi connectivity index (χ0v) is 20.1. The average molecular weight is 462 g/mol. The lowest BCUT2D eigenvalue weighted by molar-refractivity contribution is -0.111. The number of carbonyl (C=O) groups is 1. The molecule has 0 fully saturated rings. The van der Waals surface area contributed by atoms with E-state index < -0.39 is 0 Å². The van der Waals surface area contributed by atoms with E-state index in [9.17, 15) is 4.79 Å². The van der Waals surface area contributed by atoms with E-state index in [4.69, 9.17) is 9.15 Å². The van der Waals surface area contributed by atoms with Gasteiger partial charge in [0, 0.05) is 34.3 Å². The molecule has 5 rings (SSSR count). The Morgan fingerprint density at radius 2 is 1.71 bits per heavy atom. The Balaban J connectivity index is 1.53. The fourth-order valence-electron chi connectivity index (χ4n) is 4.48. The van der Waals surface area contributed by atoms with Gasteiger partial charge in [0.2, 0.25) is 5.91 Å². The molecule has 1 N–H and O–H groups in total. The Morgan fingerprint density at radius 1 is 0.943 bits per heavy atom. The van der Waals surface area contributed by atoms with E-state index in [1.165, 1.54) is 10.9 Å². The van der Waals surface area contributed by atoms with Crippen molar-refractivity contribution < 1.29 is 13.9 Å². The molecule has 1 amide bonds. The molecule has 0 radical (unpaired) electrons. The van der Waals surface area contributed by atoms with E-state index >= 15 is 0 Å². The summed E-state index contributed by atoms with van der Waals surface area (Å²) in [5.41, 5.74) is 6.50. The van der Waals surface area contributed by atoms with Crippen LogP contribution in [0.4, 0.5) is 5.69 Å². The first kappa shape index (κ1) is 22.5. The first-order valence-electron chi connectivity index (χ1n) is 11.7. The first-order chi connectivity index (χ1) is 17.1. The Morgan fingerprint density at radius 3 is 2.49 bits per heavy atom. The second kappa shape index (κ2) is 9.51. The number of allylic oxidation sites excluding steroid dienone is 1. The van der Waals surface area contributed by atoms with Gasteiger partial charge in [-0.05, 0) is 59.0 Å². The van der Waals surface area contributed by atoms with Crippen LogP contribution in [0.5, 0.6) is 5.75 Å². The lowest BCUT2D eigenvalue weighted by atomic mass is 9.96. The van der Waals surface area contributed by atoms with E-state index in [-0.39, 0.29) is 5.91 Å². The van der Waals surface area contributed by atoms with Crippen LogP contribution in [0.2, 0.25) is 0 Å². The normalized spacial score (nSPS) is 11.7. The molecule has 174 valence electrons. The summed E-state index contributed by atoms with van der Waals surface area (Å²) in [6, 6.07) is 26.4. The Labute approximate surface area is 204 Å². The van der Waals surface area contributed by atoms with Crippen molar-refractivity contribution in [3.8, 4) is 16.9 Å². The third-order valence-corrected chi connectivity index (χ3v) is 6.38. The lowest BCUT2D eigenvalue weighted by Crippen LogP contribution is -2.08. The minimum atomic E-state index is -0.185. The summed E-state index contributed by atoms with van der Waals surface area (Å²) in [5.74, 6) is 0.473. The van der Waals surface area contributed by atoms with E-state index in [1.807, 2.05) is 55.5 Å². The molecule has 4 aromatic carbocycles. The molecule has 0 bridgehead atoms. The highest BCUT2D eigenvalue weighted by Crippen LogP contribution is 2.39. The van der Waals surface area contributed by atoms with Crippen molar-refractivity contribution in [3.05, 3.63) is 102 Å². The number of benzene rings is 4. The molecule has 0 atom stereocenters. The fraction of sp³-hybridized carbons (Fsp3) is 0.129. The van der Waals surface area contributed by atoms with Gasteiger partial charge in [-0.3, -0.25) is 4.79 Å². The van der Waals surface area contributed by atoms with Crippen LogP contribution in [0.15, 0.2) is 95.6 Å². The van der Waals surface area contributed by atoms with Crippen LogP contribution >= 0.6 is 0 Å². The molecule has 0 aliphatic rings. The molecule has 1 heterocycles. The summed E-state index contributed by atoms with van der Waals surface area (Å²) in [6.07, 6.45) is 4.36. The summed E-state index contributed by atoms with van der Waals surface area (Å²) >= 11 is 0. The second-order valence-corrected chi connectivity index (χ2v) is 8.59. The summed E-state index contributed by atoms with van der Waals surface area (Å²) in [7, 11) is 1.63. The van der Waals surface area contributed by atoms with E-state index in [0.29, 0.717) is 5.75 Å². The number of aryl methyl sites for hydroxylation is 1. The molecule has 0 aliphatic heterocycles. The average Bonchev–Trinajstić information content (AvgIpc) is 3.30. The quantitative estimate of drug-likeness (QED) is 0.262. The van der Waals surface area contributed by atoms with Gasteiger partial charge < -0.3 is 14.5 Å². The van der Waals surface area contributed by atoms with Crippen molar-refractivity contribution in [2.45, 2.75) is 20.3 Å². The zero-order valence-electron chi connectivity index (χ0n) is 20.1. The van der Waals surface area contributed by atoms with Crippen LogP contribution in [0.1, 0.15) is 25.0 Å². The maximum absolute atomic E-state index is 12.8. The molecule has 4 nitrogen and oxygen atoms in total. The third-order valence-electron chi connectivity index (χ3n) is 6.38. The second-order valence-electron chi connectivity index (χ2n) is 8.59. The maximum Gasteiger partial charge on any atom is 0.248 e. The Bertz CT molecular complexity index is 1550. The van der Waals surface area contributed by atoms with Gasteiger partial charge >= 0.3 is 0 Å². The summed E-state index contributed by atoms with van der Waals surface area (Å²) in [5, 5.41) is 6.26. The van der Waals surface area contributed by atoms with Crippen LogP contribution in [0.25, 0.3) is 38.4 Å². The minimum Gasteiger partial charge on any atom is -0.496 e. The smallest absolute Gasteiger partial charge is 0.248 e. The van der Waals surface area contributed by atoms with E-state index in [0.717, 1.165) is 50.7 Å². The SMILES string of the molecule is CCc1ccc(NC(=O)/C=C(\C)c2cc3c(-c4cccc5ccccc45)coc3cc2OC)cc1. The molecule has 5 aromatic rings. The molecule has 4 heteroatoms. The van der Waals surface area contributed by atoms with Gasteiger partial charge in [-0.15, -0.1) is 0 Å². The van der Waals surface area contributed by atoms with Gasteiger partial charge in [0.25, 0.3) is 0 Å². The molecule has 0 spiro atoms. The summed E-state index contributed by atoms with van der Waals surface area (Å²) in [4.78, 5) is 12.8. The molecule has 0 aliphatic carbocycles. The van der Waals surface area contributed by atoms with Gasteiger partial charge in [0.1, 0.15) is 11.3 Å².